The minimum Gasteiger partial charge on any atom is -0.496 e. The maximum absolute atomic E-state index is 13.7. The summed E-state index contributed by atoms with van der Waals surface area (Å²) in [7, 11) is 1.49. The summed E-state index contributed by atoms with van der Waals surface area (Å²) in [6, 6.07) is 8.95. The van der Waals surface area contributed by atoms with Gasteiger partial charge in [-0.15, -0.1) is 0 Å². The molecule has 0 aliphatic carbocycles. The molecule has 0 bridgehead atoms. The van der Waals surface area contributed by atoms with Gasteiger partial charge in [-0.3, -0.25) is 0 Å². The Hall–Kier alpha value is -2.10. The SMILES string of the molecule is COc1ccccc1-c1cc(N)c(F)cc1F. The highest BCUT2D eigenvalue weighted by molar-refractivity contribution is 5.73. The first-order valence-electron chi connectivity index (χ1n) is 5.01. The van der Waals surface area contributed by atoms with Gasteiger partial charge in [0.1, 0.15) is 17.4 Å². The van der Waals surface area contributed by atoms with Gasteiger partial charge in [-0.25, -0.2) is 8.78 Å². The summed E-state index contributed by atoms with van der Waals surface area (Å²) in [5, 5.41) is 0. The predicted molar refractivity (Wildman–Crippen MR) is 62.8 cm³/mol. The number of benzene rings is 2. The number of nitrogen functional groups attached to an aromatic ring is 1. The van der Waals surface area contributed by atoms with Gasteiger partial charge in [-0.05, 0) is 12.1 Å². The Labute approximate surface area is 97.6 Å². The molecule has 0 atom stereocenters. The Bertz CT molecular complexity index is 555. The van der Waals surface area contributed by atoms with Crippen molar-refractivity contribution in [2.45, 2.75) is 0 Å². The molecule has 2 aromatic rings. The molecule has 17 heavy (non-hydrogen) atoms. The van der Waals surface area contributed by atoms with E-state index in [4.69, 9.17) is 10.5 Å². The van der Waals surface area contributed by atoms with Gasteiger partial charge in [0.2, 0.25) is 0 Å². The average Bonchev–Trinajstić information content (AvgIpc) is 2.34. The first-order valence-corrected chi connectivity index (χ1v) is 5.01. The zero-order chi connectivity index (χ0) is 12.4. The lowest BCUT2D eigenvalue weighted by atomic mass is 10.0. The molecular formula is C13H11F2NO. The molecule has 0 saturated heterocycles. The molecule has 0 heterocycles. The molecule has 0 radical (unpaired) electrons. The Morgan fingerprint density at radius 3 is 2.41 bits per heavy atom. The lowest BCUT2D eigenvalue weighted by Gasteiger charge is -2.10. The Kier molecular flexibility index (Phi) is 2.95. The molecule has 0 fully saturated rings. The number of ether oxygens (including phenoxy) is 1. The maximum atomic E-state index is 13.7. The molecule has 2 aromatic carbocycles. The van der Waals surface area contributed by atoms with Crippen molar-refractivity contribution in [3.8, 4) is 16.9 Å². The number of nitrogens with two attached hydrogens (primary N) is 1. The second kappa shape index (κ2) is 4.41. The normalized spacial score (nSPS) is 10.3. The van der Waals surface area contributed by atoms with Crippen LogP contribution in [0, 0.1) is 11.6 Å². The summed E-state index contributed by atoms with van der Waals surface area (Å²) in [6.07, 6.45) is 0. The third-order valence-corrected chi connectivity index (χ3v) is 2.48. The summed E-state index contributed by atoms with van der Waals surface area (Å²) in [6.45, 7) is 0. The molecule has 4 heteroatoms. The third-order valence-electron chi connectivity index (χ3n) is 2.48. The molecule has 88 valence electrons. The summed E-state index contributed by atoms with van der Waals surface area (Å²) in [4.78, 5) is 0. The molecule has 0 aliphatic heterocycles. The van der Waals surface area contributed by atoms with Gasteiger partial charge < -0.3 is 10.5 Å². The molecule has 2 rings (SSSR count). The van der Waals surface area contributed by atoms with Crippen LogP contribution in [0.2, 0.25) is 0 Å². The van der Waals surface area contributed by atoms with Crippen molar-refractivity contribution in [3.05, 3.63) is 48.0 Å². The Morgan fingerprint density at radius 1 is 1.00 bits per heavy atom. The zero-order valence-electron chi connectivity index (χ0n) is 9.21. The second-order valence-corrected chi connectivity index (χ2v) is 3.55. The van der Waals surface area contributed by atoms with Crippen LogP contribution >= 0.6 is 0 Å². The van der Waals surface area contributed by atoms with Crippen molar-refractivity contribution in [2.24, 2.45) is 0 Å². The Morgan fingerprint density at radius 2 is 1.71 bits per heavy atom. The second-order valence-electron chi connectivity index (χ2n) is 3.55. The summed E-state index contributed by atoms with van der Waals surface area (Å²) in [5.41, 5.74) is 6.11. The standard InChI is InChI=1S/C13H11F2NO/c1-17-13-5-3-2-4-8(13)9-6-12(16)11(15)7-10(9)14/h2-7H,16H2,1H3. The van der Waals surface area contributed by atoms with Crippen LogP contribution < -0.4 is 10.5 Å². The van der Waals surface area contributed by atoms with Gasteiger partial charge in [-0.2, -0.15) is 0 Å². The predicted octanol–water partition coefficient (Wildman–Crippen LogP) is 3.22. The summed E-state index contributed by atoms with van der Waals surface area (Å²) in [5.74, 6) is -0.917. The van der Waals surface area contributed by atoms with Crippen molar-refractivity contribution in [2.75, 3.05) is 12.8 Å². The highest BCUT2D eigenvalue weighted by Crippen LogP contribution is 2.33. The lowest BCUT2D eigenvalue weighted by Crippen LogP contribution is -1.96. The van der Waals surface area contributed by atoms with Gasteiger partial charge in [0, 0.05) is 17.2 Å². The van der Waals surface area contributed by atoms with Crippen molar-refractivity contribution >= 4 is 5.69 Å². The first-order chi connectivity index (χ1) is 8.13. The fourth-order valence-electron chi connectivity index (χ4n) is 1.64. The quantitative estimate of drug-likeness (QED) is 0.811. The van der Waals surface area contributed by atoms with E-state index in [2.05, 4.69) is 0 Å². The maximum Gasteiger partial charge on any atom is 0.149 e. The highest BCUT2D eigenvalue weighted by Gasteiger charge is 2.13. The fourth-order valence-corrected chi connectivity index (χ4v) is 1.64. The van der Waals surface area contributed by atoms with E-state index in [9.17, 15) is 8.78 Å². The molecule has 0 unspecified atom stereocenters. The number of methoxy groups -OCH3 is 1. The highest BCUT2D eigenvalue weighted by atomic mass is 19.1. The van der Waals surface area contributed by atoms with Crippen LogP contribution in [0.4, 0.5) is 14.5 Å². The van der Waals surface area contributed by atoms with Crippen LogP contribution in [-0.2, 0) is 0 Å². The molecule has 0 aliphatic rings. The topological polar surface area (TPSA) is 35.2 Å². The molecule has 0 saturated carbocycles. The van der Waals surface area contributed by atoms with Gasteiger partial charge in [0.25, 0.3) is 0 Å². The molecule has 0 aromatic heterocycles. The van der Waals surface area contributed by atoms with Gasteiger partial charge in [-0.1, -0.05) is 18.2 Å². The van der Waals surface area contributed by atoms with E-state index < -0.39 is 11.6 Å². The number of anilines is 1. The molecule has 2 nitrogen and oxygen atoms in total. The number of hydrogen-bond donors (Lipinski definition) is 1. The van der Waals surface area contributed by atoms with E-state index >= 15 is 0 Å². The van der Waals surface area contributed by atoms with Crippen LogP contribution in [0.5, 0.6) is 5.75 Å². The van der Waals surface area contributed by atoms with Crippen LogP contribution in [0.3, 0.4) is 0 Å². The molecule has 2 N–H and O–H groups in total. The largest absolute Gasteiger partial charge is 0.496 e. The van der Waals surface area contributed by atoms with Crippen LogP contribution in [-0.4, -0.2) is 7.11 Å². The van der Waals surface area contributed by atoms with Crippen LogP contribution in [0.15, 0.2) is 36.4 Å². The van der Waals surface area contributed by atoms with Gasteiger partial charge in [0.05, 0.1) is 12.8 Å². The minimum absolute atomic E-state index is 0.0905. The van der Waals surface area contributed by atoms with Crippen molar-refractivity contribution < 1.29 is 13.5 Å². The Balaban J connectivity index is 2.64. The number of para-hydroxylation sites is 1. The fraction of sp³-hybridized carbons (Fsp3) is 0.0769. The molecule has 0 amide bonds. The first kappa shape index (κ1) is 11.4. The smallest absolute Gasteiger partial charge is 0.149 e. The average molecular weight is 235 g/mol. The monoisotopic (exact) mass is 235 g/mol. The lowest BCUT2D eigenvalue weighted by molar-refractivity contribution is 0.416. The van der Waals surface area contributed by atoms with Crippen LogP contribution in [0.25, 0.3) is 11.1 Å². The van der Waals surface area contributed by atoms with E-state index in [1.165, 1.54) is 13.2 Å². The molecule has 0 spiro atoms. The van der Waals surface area contributed by atoms with Crippen molar-refractivity contribution in [1.82, 2.24) is 0 Å². The van der Waals surface area contributed by atoms with E-state index in [-0.39, 0.29) is 11.3 Å². The number of halogens is 2. The third kappa shape index (κ3) is 2.06. The van der Waals surface area contributed by atoms with E-state index in [0.717, 1.165) is 6.07 Å². The summed E-state index contributed by atoms with van der Waals surface area (Å²) >= 11 is 0. The number of hydrogen-bond acceptors (Lipinski definition) is 2. The zero-order valence-corrected chi connectivity index (χ0v) is 9.21. The van der Waals surface area contributed by atoms with E-state index in [1.807, 2.05) is 0 Å². The summed E-state index contributed by atoms with van der Waals surface area (Å²) < 4.78 is 31.9. The molecular weight excluding hydrogens is 224 g/mol. The number of rotatable bonds is 2. The van der Waals surface area contributed by atoms with E-state index in [0.29, 0.717) is 11.3 Å². The van der Waals surface area contributed by atoms with Crippen LogP contribution in [0.1, 0.15) is 0 Å². The van der Waals surface area contributed by atoms with Crippen molar-refractivity contribution in [3.63, 3.8) is 0 Å². The minimum atomic E-state index is -0.763. The van der Waals surface area contributed by atoms with Gasteiger partial charge >= 0.3 is 0 Å². The van der Waals surface area contributed by atoms with Crippen molar-refractivity contribution in [1.29, 1.82) is 0 Å². The van der Waals surface area contributed by atoms with E-state index in [1.54, 1.807) is 24.3 Å². The van der Waals surface area contributed by atoms with Gasteiger partial charge in [0.15, 0.2) is 0 Å².